The minimum atomic E-state index is 0.531. The van der Waals surface area contributed by atoms with E-state index >= 15 is 0 Å². The van der Waals surface area contributed by atoms with Crippen LogP contribution in [0.25, 0.3) is 4.85 Å². The molecular formula is C6H10N2O. The molecule has 1 fully saturated rings. The Bertz CT molecular complexity index is 113. The Hall–Kier alpha value is -0.590. The lowest BCUT2D eigenvalue weighted by molar-refractivity contribution is 0.0432. The number of hydrogen-bond donors (Lipinski definition) is 0. The van der Waals surface area contributed by atoms with E-state index in [1.165, 1.54) is 0 Å². The van der Waals surface area contributed by atoms with Crippen molar-refractivity contribution in [3.05, 3.63) is 11.4 Å². The maximum atomic E-state index is 6.58. The van der Waals surface area contributed by atoms with Crippen LogP contribution in [-0.2, 0) is 4.74 Å². The van der Waals surface area contributed by atoms with Crippen LogP contribution in [0, 0.1) is 6.57 Å². The maximum absolute atomic E-state index is 6.58. The molecule has 0 aromatic carbocycles. The Morgan fingerprint density at radius 2 is 2.11 bits per heavy atom. The smallest absolute Gasteiger partial charge is 0.270 e. The third-order valence-electron chi connectivity index (χ3n) is 1.37. The van der Waals surface area contributed by atoms with Gasteiger partial charge in [-0.25, -0.2) is 11.5 Å². The molecule has 1 aliphatic rings. The fraction of sp³-hybridized carbons (Fsp3) is 0.833. The summed E-state index contributed by atoms with van der Waals surface area (Å²) in [5, 5.41) is 0. The largest absolute Gasteiger partial charge is 0.379 e. The van der Waals surface area contributed by atoms with Crippen LogP contribution in [0.1, 0.15) is 0 Å². The SMILES string of the molecule is [C-]#[N+]CN1CCOCC1. The van der Waals surface area contributed by atoms with E-state index in [0.29, 0.717) is 6.67 Å². The molecule has 0 aromatic rings. The molecule has 1 aliphatic heterocycles. The van der Waals surface area contributed by atoms with Gasteiger partial charge >= 0.3 is 0 Å². The van der Waals surface area contributed by atoms with Crippen LogP contribution in [0.5, 0.6) is 0 Å². The maximum Gasteiger partial charge on any atom is 0.270 e. The summed E-state index contributed by atoms with van der Waals surface area (Å²) in [5.74, 6) is 0. The summed E-state index contributed by atoms with van der Waals surface area (Å²) < 4.78 is 5.10. The summed E-state index contributed by atoms with van der Waals surface area (Å²) in [4.78, 5) is 5.37. The summed E-state index contributed by atoms with van der Waals surface area (Å²) in [6, 6.07) is 0. The van der Waals surface area contributed by atoms with Gasteiger partial charge in [0.1, 0.15) is 0 Å². The summed E-state index contributed by atoms with van der Waals surface area (Å²) in [5.41, 5.74) is 0. The fourth-order valence-corrected chi connectivity index (χ4v) is 0.843. The average molecular weight is 126 g/mol. The molecular weight excluding hydrogens is 116 g/mol. The Morgan fingerprint density at radius 3 is 2.67 bits per heavy atom. The Balaban J connectivity index is 2.17. The second-order valence-corrected chi connectivity index (χ2v) is 2.03. The number of rotatable bonds is 1. The molecule has 3 heteroatoms. The molecule has 0 aromatic heterocycles. The Kier molecular flexibility index (Phi) is 2.49. The zero-order valence-electron chi connectivity index (χ0n) is 5.34. The van der Waals surface area contributed by atoms with Crippen molar-refractivity contribution >= 4 is 0 Å². The van der Waals surface area contributed by atoms with Gasteiger partial charge in [0, 0.05) is 13.1 Å². The van der Waals surface area contributed by atoms with Crippen molar-refractivity contribution < 1.29 is 4.74 Å². The molecule has 0 atom stereocenters. The third kappa shape index (κ3) is 2.00. The van der Waals surface area contributed by atoms with Crippen LogP contribution < -0.4 is 0 Å². The van der Waals surface area contributed by atoms with Crippen LogP contribution in [0.4, 0.5) is 0 Å². The third-order valence-corrected chi connectivity index (χ3v) is 1.37. The van der Waals surface area contributed by atoms with Crippen LogP contribution in [0.3, 0.4) is 0 Å². The highest BCUT2D eigenvalue weighted by molar-refractivity contribution is 4.65. The van der Waals surface area contributed by atoms with Crippen LogP contribution in [0.15, 0.2) is 0 Å². The molecule has 1 heterocycles. The second-order valence-electron chi connectivity index (χ2n) is 2.03. The highest BCUT2D eigenvalue weighted by atomic mass is 16.5. The molecule has 0 amide bonds. The van der Waals surface area contributed by atoms with Gasteiger partial charge in [0.2, 0.25) is 0 Å². The zero-order valence-corrected chi connectivity index (χ0v) is 5.34. The summed E-state index contributed by atoms with van der Waals surface area (Å²) in [6.07, 6.45) is 0. The van der Waals surface area contributed by atoms with E-state index in [-0.39, 0.29) is 0 Å². The first-order valence-electron chi connectivity index (χ1n) is 3.07. The highest BCUT2D eigenvalue weighted by Crippen LogP contribution is 1.94. The van der Waals surface area contributed by atoms with Gasteiger partial charge in [0.05, 0.1) is 13.2 Å². The summed E-state index contributed by atoms with van der Waals surface area (Å²) >= 11 is 0. The number of morpholine rings is 1. The molecule has 0 bridgehead atoms. The predicted octanol–water partition coefficient (Wildman–Crippen LogP) is 0.195. The van der Waals surface area contributed by atoms with Crippen molar-refractivity contribution in [3.8, 4) is 0 Å². The minimum Gasteiger partial charge on any atom is -0.379 e. The van der Waals surface area contributed by atoms with Crippen LogP contribution in [-0.4, -0.2) is 37.9 Å². The standard InChI is InChI=1S/C6H10N2O/c1-7-6-8-2-4-9-5-3-8/h2-6H2. The molecule has 3 nitrogen and oxygen atoms in total. The molecule has 0 spiro atoms. The summed E-state index contributed by atoms with van der Waals surface area (Å²) in [7, 11) is 0. The van der Waals surface area contributed by atoms with E-state index in [9.17, 15) is 0 Å². The van der Waals surface area contributed by atoms with E-state index in [2.05, 4.69) is 9.74 Å². The van der Waals surface area contributed by atoms with E-state index < -0.39 is 0 Å². The molecule has 0 radical (unpaired) electrons. The van der Waals surface area contributed by atoms with Gasteiger partial charge < -0.3 is 4.74 Å². The fourth-order valence-electron chi connectivity index (χ4n) is 0.843. The van der Waals surface area contributed by atoms with E-state index in [4.69, 9.17) is 11.3 Å². The molecule has 50 valence electrons. The lowest BCUT2D eigenvalue weighted by Crippen LogP contribution is -2.35. The number of ether oxygens (including phenoxy) is 1. The quantitative estimate of drug-likeness (QED) is 0.467. The lowest BCUT2D eigenvalue weighted by atomic mass is 10.5. The topological polar surface area (TPSA) is 16.8 Å². The molecule has 1 rings (SSSR count). The van der Waals surface area contributed by atoms with Gasteiger partial charge in [-0.1, -0.05) is 0 Å². The molecule has 0 N–H and O–H groups in total. The molecule has 0 saturated carbocycles. The second kappa shape index (κ2) is 3.44. The van der Waals surface area contributed by atoms with Gasteiger partial charge in [0.15, 0.2) is 0 Å². The normalized spacial score (nSPS) is 21.2. The van der Waals surface area contributed by atoms with Crippen molar-refractivity contribution in [3.63, 3.8) is 0 Å². The minimum absolute atomic E-state index is 0.531. The average Bonchev–Trinajstić information content (AvgIpc) is 1.91. The van der Waals surface area contributed by atoms with Gasteiger partial charge in [-0.15, -0.1) is 0 Å². The van der Waals surface area contributed by atoms with Gasteiger partial charge in [-0.05, 0) is 0 Å². The van der Waals surface area contributed by atoms with Crippen LogP contribution in [0.2, 0.25) is 0 Å². The summed E-state index contributed by atoms with van der Waals surface area (Å²) in [6.45, 7) is 10.5. The molecule has 0 aliphatic carbocycles. The van der Waals surface area contributed by atoms with Gasteiger partial charge in [-0.2, -0.15) is 0 Å². The van der Waals surface area contributed by atoms with E-state index in [1.54, 1.807) is 0 Å². The highest BCUT2D eigenvalue weighted by Gasteiger charge is 2.10. The predicted molar refractivity (Wildman–Crippen MR) is 33.9 cm³/mol. The first-order chi connectivity index (χ1) is 4.43. The number of nitrogens with zero attached hydrogens (tertiary/aromatic N) is 2. The zero-order chi connectivity index (χ0) is 6.53. The van der Waals surface area contributed by atoms with Crippen LogP contribution >= 0.6 is 0 Å². The van der Waals surface area contributed by atoms with Crippen molar-refractivity contribution in [2.75, 3.05) is 33.0 Å². The molecule has 9 heavy (non-hydrogen) atoms. The Labute approximate surface area is 55.0 Å². The van der Waals surface area contributed by atoms with Gasteiger partial charge in [-0.3, -0.25) is 4.85 Å². The molecule has 0 unspecified atom stereocenters. The van der Waals surface area contributed by atoms with Crippen molar-refractivity contribution in [2.24, 2.45) is 0 Å². The Morgan fingerprint density at radius 1 is 1.44 bits per heavy atom. The first-order valence-corrected chi connectivity index (χ1v) is 3.07. The molecule has 1 saturated heterocycles. The van der Waals surface area contributed by atoms with E-state index in [1.807, 2.05) is 0 Å². The van der Waals surface area contributed by atoms with Gasteiger partial charge in [0.25, 0.3) is 6.67 Å². The first kappa shape index (κ1) is 6.53. The van der Waals surface area contributed by atoms with Crippen molar-refractivity contribution in [2.45, 2.75) is 0 Å². The lowest BCUT2D eigenvalue weighted by Gasteiger charge is -2.20. The van der Waals surface area contributed by atoms with Crippen molar-refractivity contribution in [1.82, 2.24) is 4.90 Å². The van der Waals surface area contributed by atoms with E-state index in [0.717, 1.165) is 26.3 Å². The van der Waals surface area contributed by atoms with Crippen molar-refractivity contribution in [1.29, 1.82) is 0 Å². The monoisotopic (exact) mass is 126 g/mol. The number of hydrogen-bond acceptors (Lipinski definition) is 2.